The van der Waals surface area contributed by atoms with Gasteiger partial charge in [-0.2, -0.15) is 5.09 Å². The molecule has 15 nitrogen and oxygen atoms in total. The average molecular weight is 538 g/mol. The Kier molecular flexibility index (Phi) is 9.14. The topological polar surface area (TPSA) is 196 Å². The number of hydrogen-bond acceptors (Lipinski definition) is 10. The summed E-state index contributed by atoms with van der Waals surface area (Å²) in [6.07, 6.45) is -0.419. The Labute approximate surface area is 210 Å². The van der Waals surface area contributed by atoms with E-state index in [1.807, 2.05) is 0 Å². The van der Waals surface area contributed by atoms with Crippen molar-refractivity contribution in [1.82, 2.24) is 14.6 Å². The largest absolute Gasteiger partial charge is 0.497 e. The number of azide groups is 1. The number of aromatic amines is 1. The smallest absolute Gasteiger partial charge is 0.459 e. The minimum absolute atomic E-state index is 0.0824. The summed E-state index contributed by atoms with van der Waals surface area (Å²) in [5.74, 6) is -0.0192. The molecule has 0 bridgehead atoms. The van der Waals surface area contributed by atoms with E-state index in [4.69, 9.17) is 24.1 Å². The van der Waals surface area contributed by atoms with Gasteiger partial charge in [-0.05, 0) is 43.6 Å². The number of methoxy groups -OCH3 is 2. The van der Waals surface area contributed by atoms with E-state index in [9.17, 15) is 18.9 Å². The number of carbonyl (C=O) groups is 1. The van der Waals surface area contributed by atoms with Crippen LogP contribution in [0.25, 0.3) is 10.4 Å². The molecule has 16 heteroatoms. The Morgan fingerprint density at radius 1 is 1.32 bits per heavy atom. The van der Waals surface area contributed by atoms with Crippen LogP contribution in [-0.2, 0) is 23.4 Å². The maximum atomic E-state index is 13.6. The van der Waals surface area contributed by atoms with Gasteiger partial charge in [0.2, 0.25) is 0 Å². The molecule has 0 amide bonds. The molecular weight excluding hydrogens is 511 g/mol. The minimum Gasteiger partial charge on any atom is -0.497 e. The molecule has 2 N–H and O–H groups in total. The number of nitrogens with one attached hydrogen (secondary N) is 2. The fourth-order valence-corrected chi connectivity index (χ4v) is 5.03. The Morgan fingerprint density at radius 3 is 2.62 bits per heavy atom. The lowest BCUT2D eigenvalue weighted by Crippen LogP contribution is -2.36. The van der Waals surface area contributed by atoms with Crippen LogP contribution in [0.1, 0.15) is 25.1 Å². The molecule has 1 aliphatic rings. The van der Waals surface area contributed by atoms with Crippen LogP contribution in [0.2, 0.25) is 0 Å². The van der Waals surface area contributed by atoms with E-state index in [-0.39, 0.29) is 17.7 Å². The number of aryl methyl sites for hydroxylation is 1. The molecule has 200 valence electrons. The maximum absolute atomic E-state index is 13.6. The van der Waals surface area contributed by atoms with Crippen LogP contribution < -0.4 is 25.6 Å². The number of carbonyl (C=O) groups excluding carboxylic acids is 1. The van der Waals surface area contributed by atoms with E-state index >= 15 is 0 Å². The van der Waals surface area contributed by atoms with E-state index < -0.39 is 56.0 Å². The summed E-state index contributed by atoms with van der Waals surface area (Å²) in [5.41, 5.74) is 8.04. The Hall–Kier alpha value is -3.61. The van der Waals surface area contributed by atoms with Gasteiger partial charge in [0.1, 0.15) is 23.8 Å². The van der Waals surface area contributed by atoms with Gasteiger partial charge < -0.3 is 18.7 Å². The first-order valence-corrected chi connectivity index (χ1v) is 12.6. The molecule has 2 unspecified atom stereocenters. The lowest BCUT2D eigenvalue weighted by molar-refractivity contribution is -0.142. The van der Waals surface area contributed by atoms with Gasteiger partial charge in [0.05, 0.1) is 33.0 Å². The molecule has 0 radical (unpaired) electrons. The summed E-state index contributed by atoms with van der Waals surface area (Å²) < 4.78 is 41.6. The van der Waals surface area contributed by atoms with Gasteiger partial charge in [-0.3, -0.25) is 23.7 Å². The second-order valence-corrected chi connectivity index (χ2v) is 9.74. The molecule has 1 aliphatic heterocycles. The zero-order chi connectivity index (χ0) is 27.2. The molecule has 2 aromatic rings. The highest BCUT2D eigenvalue weighted by Crippen LogP contribution is 2.46. The molecule has 37 heavy (non-hydrogen) atoms. The molecule has 5 atom stereocenters. The number of benzene rings is 1. The molecule has 0 spiro atoms. The van der Waals surface area contributed by atoms with Crippen LogP contribution >= 0.6 is 7.75 Å². The van der Waals surface area contributed by atoms with Crippen molar-refractivity contribution in [2.45, 2.75) is 44.7 Å². The average Bonchev–Trinajstić information content (AvgIpc) is 3.27. The summed E-state index contributed by atoms with van der Waals surface area (Å²) in [7, 11) is -1.56. The first kappa shape index (κ1) is 28.0. The van der Waals surface area contributed by atoms with Crippen molar-refractivity contribution in [3.63, 3.8) is 0 Å². The van der Waals surface area contributed by atoms with Crippen molar-refractivity contribution in [2.24, 2.45) is 5.11 Å². The normalized spacial score (nSPS) is 21.4. The van der Waals surface area contributed by atoms with Gasteiger partial charge >= 0.3 is 19.4 Å². The number of H-pyrrole nitrogens is 1. The van der Waals surface area contributed by atoms with E-state index in [1.165, 1.54) is 51.0 Å². The SMILES string of the molecule is COC(=O)[C@H](C)NP(=O)(OC[C@H]1O[C@@H](n2cc(C)c(=O)[nH]c2=O)CC1N=[N+]=[N-])Oc1ccc(OC)cc1. The number of aromatic nitrogens is 2. The Morgan fingerprint density at radius 2 is 2.00 bits per heavy atom. The van der Waals surface area contributed by atoms with Gasteiger partial charge in [-0.1, -0.05) is 5.11 Å². The Bertz CT molecular complexity index is 1320. The Balaban J connectivity index is 1.82. The van der Waals surface area contributed by atoms with Crippen LogP contribution in [0.5, 0.6) is 11.5 Å². The summed E-state index contributed by atoms with van der Waals surface area (Å²) in [5, 5.41) is 6.21. The van der Waals surface area contributed by atoms with Crippen molar-refractivity contribution < 1.29 is 32.6 Å². The lowest BCUT2D eigenvalue weighted by Gasteiger charge is -2.24. The third kappa shape index (κ3) is 7.00. The molecular formula is C21H27N6O9P. The predicted molar refractivity (Wildman–Crippen MR) is 129 cm³/mol. The van der Waals surface area contributed by atoms with Gasteiger partial charge in [0.25, 0.3) is 5.56 Å². The highest BCUT2D eigenvalue weighted by Gasteiger charge is 2.40. The summed E-state index contributed by atoms with van der Waals surface area (Å²) in [6, 6.07) is 4.28. The first-order chi connectivity index (χ1) is 17.6. The van der Waals surface area contributed by atoms with Crippen LogP contribution in [0.15, 0.2) is 45.2 Å². The zero-order valence-electron chi connectivity index (χ0n) is 20.5. The summed E-state index contributed by atoms with van der Waals surface area (Å²) in [4.78, 5) is 40.9. The highest BCUT2D eigenvalue weighted by atomic mass is 31.2. The van der Waals surface area contributed by atoms with Crippen molar-refractivity contribution in [3.8, 4) is 11.5 Å². The number of hydrogen-bond donors (Lipinski definition) is 2. The monoisotopic (exact) mass is 538 g/mol. The molecule has 0 aliphatic carbocycles. The number of rotatable bonds is 11. The number of esters is 1. The van der Waals surface area contributed by atoms with E-state index in [0.717, 1.165) is 0 Å². The van der Waals surface area contributed by atoms with Crippen LogP contribution in [0, 0.1) is 6.92 Å². The molecule has 1 fully saturated rings. The van der Waals surface area contributed by atoms with Crippen molar-refractivity contribution in [3.05, 3.63) is 67.3 Å². The molecule has 0 saturated carbocycles. The van der Waals surface area contributed by atoms with E-state index in [0.29, 0.717) is 5.75 Å². The molecule has 3 rings (SSSR count). The number of ether oxygens (including phenoxy) is 3. The second kappa shape index (κ2) is 12.1. The third-order valence-corrected chi connectivity index (χ3v) is 7.10. The van der Waals surface area contributed by atoms with Gasteiger partial charge in [-0.15, -0.1) is 0 Å². The molecule has 2 heterocycles. The van der Waals surface area contributed by atoms with Crippen molar-refractivity contribution in [2.75, 3.05) is 20.8 Å². The molecule has 1 saturated heterocycles. The first-order valence-electron chi connectivity index (χ1n) is 11.0. The van der Waals surface area contributed by atoms with Crippen molar-refractivity contribution >= 4 is 13.7 Å². The molecule has 1 aromatic carbocycles. The van der Waals surface area contributed by atoms with Crippen molar-refractivity contribution in [1.29, 1.82) is 0 Å². The molecule has 1 aromatic heterocycles. The summed E-state index contributed by atoms with van der Waals surface area (Å²) in [6.45, 7) is 2.54. The quantitative estimate of drug-likeness (QED) is 0.141. The fraction of sp³-hybridized carbons (Fsp3) is 0.476. The van der Waals surface area contributed by atoms with Crippen LogP contribution in [0.3, 0.4) is 0 Å². The second-order valence-electron chi connectivity index (χ2n) is 8.05. The van der Waals surface area contributed by atoms with Crippen LogP contribution in [0.4, 0.5) is 0 Å². The summed E-state index contributed by atoms with van der Waals surface area (Å²) >= 11 is 0. The lowest BCUT2D eigenvalue weighted by atomic mass is 10.1. The van der Waals surface area contributed by atoms with Crippen LogP contribution in [-0.4, -0.2) is 54.5 Å². The highest BCUT2D eigenvalue weighted by molar-refractivity contribution is 7.52. The third-order valence-electron chi connectivity index (χ3n) is 5.46. The van der Waals surface area contributed by atoms with Gasteiger partial charge in [0.15, 0.2) is 0 Å². The fourth-order valence-electron chi connectivity index (χ4n) is 3.53. The predicted octanol–water partition coefficient (Wildman–Crippen LogP) is 2.17. The number of nitrogens with zero attached hydrogens (tertiary/aromatic N) is 4. The zero-order valence-corrected chi connectivity index (χ0v) is 21.4. The van der Waals surface area contributed by atoms with Gasteiger partial charge in [-0.25, -0.2) is 9.36 Å². The van der Waals surface area contributed by atoms with Gasteiger partial charge in [0, 0.05) is 23.1 Å². The van der Waals surface area contributed by atoms with E-state index in [2.05, 4.69) is 24.8 Å². The standard InChI is InChI=1S/C21H27N6O9P/c1-12-10-27(21(30)23-19(12)28)18-9-16(24-26-22)17(35-18)11-34-37(31,25-13(2)20(29)33-4)36-15-7-5-14(32-3)6-8-15/h5-8,10,13,16-18H,9,11H2,1-4H3,(H,25,31)(H,23,28,30)/t13-,16?,17+,18+,37?/m0/s1. The van der Waals surface area contributed by atoms with E-state index in [1.54, 1.807) is 12.1 Å². The maximum Gasteiger partial charge on any atom is 0.459 e. The minimum atomic E-state index is -4.22.